The largest absolute Gasteiger partial charge is 0.342 e. The molecule has 2 aliphatic rings. The van der Waals surface area contributed by atoms with Crippen LogP contribution in [0.3, 0.4) is 0 Å². The summed E-state index contributed by atoms with van der Waals surface area (Å²) in [6.07, 6.45) is 2.75. The molecule has 3 rings (SSSR count). The molecule has 106 valence electrons. The summed E-state index contributed by atoms with van der Waals surface area (Å²) in [5.74, 6) is -0.755. The number of nitrogens with one attached hydrogen (secondary N) is 1. The number of anilines is 1. The molecule has 0 bridgehead atoms. The van der Waals surface area contributed by atoms with Crippen LogP contribution in [0.4, 0.5) is 10.1 Å². The molecule has 0 spiro atoms. The zero-order chi connectivity index (χ0) is 14.1. The summed E-state index contributed by atoms with van der Waals surface area (Å²) in [5, 5.41) is 2.73. The van der Waals surface area contributed by atoms with Crippen LogP contribution in [0.1, 0.15) is 19.3 Å². The molecule has 4 nitrogen and oxygen atoms in total. The molecule has 5 heteroatoms. The molecule has 2 unspecified atom stereocenters. The van der Waals surface area contributed by atoms with Crippen molar-refractivity contribution in [3.05, 3.63) is 30.1 Å². The van der Waals surface area contributed by atoms with Crippen LogP contribution in [0, 0.1) is 17.7 Å². The van der Waals surface area contributed by atoms with E-state index in [2.05, 4.69) is 5.32 Å². The van der Waals surface area contributed by atoms with Gasteiger partial charge in [-0.3, -0.25) is 9.59 Å². The maximum atomic E-state index is 12.8. The number of carbonyl (C=O) groups is 2. The molecule has 1 N–H and O–H groups in total. The van der Waals surface area contributed by atoms with Gasteiger partial charge in [0, 0.05) is 18.8 Å². The highest BCUT2D eigenvalue weighted by molar-refractivity contribution is 5.99. The lowest BCUT2D eigenvalue weighted by Crippen LogP contribution is -2.30. The number of hydrogen-bond acceptors (Lipinski definition) is 2. The zero-order valence-electron chi connectivity index (χ0n) is 11.1. The van der Waals surface area contributed by atoms with Crippen molar-refractivity contribution in [3.8, 4) is 0 Å². The first kappa shape index (κ1) is 13.1. The predicted octanol–water partition coefficient (Wildman–Crippen LogP) is 2.02. The Labute approximate surface area is 117 Å². The molecule has 2 fully saturated rings. The lowest BCUT2D eigenvalue weighted by atomic mass is 10.2. The van der Waals surface area contributed by atoms with Crippen molar-refractivity contribution in [1.82, 2.24) is 4.90 Å². The Bertz CT molecular complexity index is 523. The third-order valence-electron chi connectivity index (χ3n) is 3.97. The Balaban J connectivity index is 1.54. The van der Waals surface area contributed by atoms with Crippen molar-refractivity contribution in [1.29, 1.82) is 0 Å². The second-order valence-electron chi connectivity index (χ2n) is 5.48. The Kier molecular flexibility index (Phi) is 3.42. The van der Waals surface area contributed by atoms with Crippen LogP contribution < -0.4 is 5.32 Å². The summed E-state index contributed by atoms with van der Waals surface area (Å²) in [4.78, 5) is 26.0. The summed E-state index contributed by atoms with van der Waals surface area (Å²) in [6.45, 7) is 1.64. The highest BCUT2D eigenvalue weighted by Gasteiger charge is 2.49. The van der Waals surface area contributed by atoms with E-state index >= 15 is 0 Å². The number of rotatable bonds is 3. The smallest absolute Gasteiger partial charge is 0.228 e. The van der Waals surface area contributed by atoms with Crippen molar-refractivity contribution in [3.63, 3.8) is 0 Å². The maximum absolute atomic E-state index is 12.8. The van der Waals surface area contributed by atoms with Crippen LogP contribution in [-0.4, -0.2) is 29.8 Å². The number of amides is 2. The first-order chi connectivity index (χ1) is 9.65. The normalized spacial score (nSPS) is 24.6. The molecular weight excluding hydrogens is 259 g/mol. The van der Waals surface area contributed by atoms with Crippen molar-refractivity contribution in [2.45, 2.75) is 19.3 Å². The minimum atomic E-state index is -0.337. The number of likely N-dealkylation sites (tertiary alicyclic amines) is 1. The van der Waals surface area contributed by atoms with E-state index in [0.717, 1.165) is 25.9 Å². The summed E-state index contributed by atoms with van der Waals surface area (Å²) in [5.41, 5.74) is 0.565. The third kappa shape index (κ3) is 2.66. The molecule has 1 saturated carbocycles. The van der Waals surface area contributed by atoms with Gasteiger partial charge in [0.15, 0.2) is 0 Å². The van der Waals surface area contributed by atoms with Crippen molar-refractivity contribution in [2.75, 3.05) is 18.4 Å². The molecule has 1 aliphatic carbocycles. The van der Waals surface area contributed by atoms with Gasteiger partial charge in [-0.05, 0) is 43.5 Å². The minimum Gasteiger partial charge on any atom is -0.342 e. The van der Waals surface area contributed by atoms with Crippen LogP contribution in [0.25, 0.3) is 0 Å². The van der Waals surface area contributed by atoms with E-state index in [9.17, 15) is 14.0 Å². The van der Waals surface area contributed by atoms with Gasteiger partial charge in [-0.2, -0.15) is 0 Å². The van der Waals surface area contributed by atoms with Crippen LogP contribution in [-0.2, 0) is 9.59 Å². The SMILES string of the molecule is O=C(Nc1ccc(F)cc1)C1CC1C(=O)N1CCCC1. The van der Waals surface area contributed by atoms with Crippen molar-refractivity contribution in [2.24, 2.45) is 11.8 Å². The summed E-state index contributed by atoms with van der Waals surface area (Å²) in [7, 11) is 0. The molecule has 0 aromatic heterocycles. The number of halogens is 1. The van der Waals surface area contributed by atoms with Gasteiger partial charge in [-0.25, -0.2) is 4.39 Å². The second kappa shape index (κ2) is 5.23. The van der Waals surface area contributed by atoms with Gasteiger partial charge < -0.3 is 10.2 Å². The van der Waals surface area contributed by atoms with Gasteiger partial charge in [0.05, 0.1) is 11.8 Å². The lowest BCUT2D eigenvalue weighted by Gasteiger charge is -2.14. The lowest BCUT2D eigenvalue weighted by molar-refractivity contribution is -0.133. The average molecular weight is 276 g/mol. The third-order valence-corrected chi connectivity index (χ3v) is 3.97. The fraction of sp³-hybridized carbons (Fsp3) is 0.467. The molecule has 2 atom stereocenters. The number of benzene rings is 1. The number of carbonyl (C=O) groups excluding carboxylic acids is 2. The molecule has 1 saturated heterocycles. The first-order valence-corrected chi connectivity index (χ1v) is 7.00. The van der Waals surface area contributed by atoms with Crippen LogP contribution in [0.2, 0.25) is 0 Å². The molecule has 20 heavy (non-hydrogen) atoms. The molecule has 1 aliphatic heterocycles. The van der Waals surface area contributed by atoms with Crippen molar-refractivity contribution < 1.29 is 14.0 Å². The highest BCUT2D eigenvalue weighted by atomic mass is 19.1. The van der Waals surface area contributed by atoms with E-state index in [1.807, 2.05) is 4.90 Å². The molecular formula is C15H17FN2O2. The Morgan fingerprint density at radius 1 is 1.10 bits per heavy atom. The topological polar surface area (TPSA) is 49.4 Å². The van der Waals surface area contributed by atoms with Gasteiger partial charge in [0.1, 0.15) is 5.82 Å². The zero-order valence-corrected chi connectivity index (χ0v) is 11.1. The summed E-state index contributed by atoms with van der Waals surface area (Å²) in [6, 6.07) is 5.64. The molecule has 1 aromatic carbocycles. The van der Waals surface area contributed by atoms with Gasteiger partial charge in [0.2, 0.25) is 11.8 Å². The van der Waals surface area contributed by atoms with E-state index in [4.69, 9.17) is 0 Å². The maximum Gasteiger partial charge on any atom is 0.228 e. The molecule has 0 radical (unpaired) electrons. The minimum absolute atomic E-state index is 0.113. The van der Waals surface area contributed by atoms with E-state index in [1.165, 1.54) is 24.3 Å². The van der Waals surface area contributed by atoms with Gasteiger partial charge >= 0.3 is 0 Å². The van der Waals surface area contributed by atoms with E-state index in [0.29, 0.717) is 12.1 Å². The average Bonchev–Trinajstić information content (AvgIpc) is 3.06. The Morgan fingerprint density at radius 3 is 2.40 bits per heavy atom. The standard InChI is InChI=1S/C15H17FN2O2/c16-10-3-5-11(6-4-10)17-14(19)12-9-13(12)15(20)18-7-1-2-8-18/h3-6,12-13H,1-2,7-9H2,(H,17,19). The summed E-state index contributed by atoms with van der Waals surface area (Å²) < 4.78 is 12.8. The van der Waals surface area contributed by atoms with E-state index < -0.39 is 0 Å². The van der Waals surface area contributed by atoms with Gasteiger partial charge in [-0.15, -0.1) is 0 Å². The van der Waals surface area contributed by atoms with Crippen LogP contribution in [0.5, 0.6) is 0 Å². The summed E-state index contributed by atoms with van der Waals surface area (Å²) >= 11 is 0. The van der Waals surface area contributed by atoms with Gasteiger partial charge in [0.25, 0.3) is 0 Å². The number of hydrogen-bond donors (Lipinski definition) is 1. The fourth-order valence-electron chi connectivity index (χ4n) is 2.70. The van der Waals surface area contributed by atoms with Gasteiger partial charge in [-0.1, -0.05) is 0 Å². The Hall–Kier alpha value is -1.91. The molecule has 1 heterocycles. The van der Waals surface area contributed by atoms with E-state index in [1.54, 1.807) is 0 Å². The van der Waals surface area contributed by atoms with Crippen LogP contribution in [0.15, 0.2) is 24.3 Å². The highest BCUT2D eigenvalue weighted by Crippen LogP contribution is 2.41. The van der Waals surface area contributed by atoms with Crippen molar-refractivity contribution >= 4 is 17.5 Å². The van der Waals surface area contributed by atoms with Crippen LogP contribution >= 0.6 is 0 Å². The monoisotopic (exact) mass is 276 g/mol. The second-order valence-corrected chi connectivity index (χ2v) is 5.48. The molecule has 2 amide bonds. The number of nitrogens with zero attached hydrogens (tertiary/aromatic N) is 1. The predicted molar refractivity (Wildman–Crippen MR) is 72.4 cm³/mol. The fourth-order valence-corrected chi connectivity index (χ4v) is 2.70. The molecule has 1 aromatic rings. The van der Waals surface area contributed by atoms with E-state index in [-0.39, 0.29) is 29.5 Å². The Morgan fingerprint density at radius 2 is 1.75 bits per heavy atom. The quantitative estimate of drug-likeness (QED) is 0.918. The first-order valence-electron chi connectivity index (χ1n) is 7.00.